The van der Waals surface area contributed by atoms with Crippen molar-refractivity contribution in [3.63, 3.8) is 0 Å². The van der Waals surface area contributed by atoms with Gasteiger partial charge >= 0.3 is 0 Å². The van der Waals surface area contributed by atoms with Gasteiger partial charge in [0.1, 0.15) is 5.82 Å². The molecule has 0 aliphatic rings. The number of para-hydroxylation sites is 1. The Hall–Kier alpha value is -2.12. The second-order valence-electron chi connectivity index (χ2n) is 5.00. The quantitative estimate of drug-likeness (QED) is 0.874. The molecule has 2 rings (SSSR count). The molecule has 0 atom stereocenters. The predicted molar refractivity (Wildman–Crippen MR) is 82.4 cm³/mol. The van der Waals surface area contributed by atoms with Crippen LogP contribution in [-0.2, 0) is 0 Å². The molecule has 0 fully saturated rings. The Morgan fingerprint density at radius 3 is 2.60 bits per heavy atom. The number of pyridine rings is 1. The molecular formula is C16H20N4. The molecule has 0 aliphatic heterocycles. The Morgan fingerprint density at radius 2 is 2.00 bits per heavy atom. The summed E-state index contributed by atoms with van der Waals surface area (Å²) in [5.74, 6) is 0.717. The SMILES string of the molecule is CCC(CC)(CN)Nc1cc(C#N)c2ccccc2n1. The summed E-state index contributed by atoms with van der Waals surface area (Å²) in [6.45, 7) is 4.75. The van der Waals surface area contributed by atoms with Crippen LogP contribution in [0, 0.1) is 11.3 Å². The Balaban J connectivity index is 2.48. The van der Waals surface area contributed by atoms with Crippen LogP contribution < -0.4 is 11.1 Å². The van der Waals surface area contributed by atoms with Crippen molar-refractivity contribution in [3.8, 4) is 6.07 Å². The first-order valence-corrected chi connectivity index (χ1v) is 6.96. The summed E-state index contributed by atoms with van der Waals surface area (Å²) in [4.78, 5) is 4.59. The van der Waals surface area contributed by atoms with Crippen LogP contribution in [0.3, 0.4) is 0 Å². The summed E-state index contributed by atoms with van der Waals surface area (Å²) in [6, 6.07) is 11.7. The van der Waals surface area contributed by atoms with E-state index in [1.807, 2.05) is 24.3 Å². The van der Waals surface area contributed by atoms with E-state index >= 15 is 0 Å². The number of rotatable bonds is 5. The van der Waals surface area contributed by atoms with Crippen LogP contribution in [0.5, 0.6) is 0 Å². The maximum Gasteiger partial charge on any atom is 0.128 e. The van der Waals surface area contributed by atoms with E-state index in [0.29, 0.717) is 12.1 Å². The molecule has 4 nitrogen and oxygen atoms in total. The van der Waals surface area contributed by atoms with Crippen molar-refractivity contribution in [1.29, 1.82) is 5.26 Å². The first-order valence-electron chi connectivity index (χ1n) is 6.96. The Labute approximate surface area is 119 Å². The molecule has 4 heteroatoms. The monoisotopic (exact) mass is 268 g/mol. The molecule has 104 valence electrons. The van der Waals surface area contributed by atoms with Crippen LogP contribution >= 0.6 is 0 Å². The van der Waals surface area contributed by atoms with E-state index in [-0.39, 0.29) is 5.54 Å². The Bertz CT molecular complexity index is 630. The maximum absolute atomic E-state index is 9.30. The summed E-state index contributed by atoms with van der Waals surface area (Å²) in [6.07, 6.45) is 1.83. The summed E-state index contributed by atoms with van der Waals surface area (Å²) < 4.78 is 0. The zero-order valence-electron chi connectivity index (χ0n) is 12.0. The van der Waals surface area contributed by atoms with Crippen LogP contribution in [0.1, 0.15) is 32.3 Å². The van der Waals surface area contributed by atoms with Gasteiger partial charge in [0.25, 0.3) is 0 Å². The van der Waals surface area contributed by atoms with E-state index < -0.39 is 0 Å². The van der Waals surface area contributed by atoms with Gasteiger partial charge in [-0.05, 0) is 25.0 Å². The minimum Gasteiger partial charge on any atom is -0.363 e. The van der Waals surface area contributed by atoms with Gasteiger partial charge in [-0.25, -0.2) is 4.98 Å². The van der Waals surface area contributed by atoms with Crippen molar-refractivity contribution >= 4 is 16.7 Å². The van der Waals surface area contributed by atoms with Gasteiger partial charge in [0.15, 0.2) is 0 Å². The number of anilines is 1. The highest BCUT2D eigenvalue weighted by molar-refractivity contribution is 5.86. The van der Waals surface area contributed by atoms with E-state index in [4.69, 9.17) is 5.73 Å². The first kappa shape index (κ1) is 14.3. The summed E-state index contributed by atoms with van der Waals surface area (Å²) in [5, 5.41) is 13.6. The summed E-state index contributed by atoms with van der Waals surface area (Å²) in [5.41, 5.74) is 7.20. The number of nitrogens with zero attached hydrogens (tertiary/aromatic N) is 2. The molecule has 1 aromatic heterocycles. The standard InChI is InChI=1S/C16H20N4/c1-3-16(4-2,11-18)20-15-9-12(10-17)13-7-5-6-8-14(13)19-15/h5-9H,3-4,11,18H2,1-2H3,(H,19,20). The lowest BCUT2D eigenvalue weighted by atomic mass is 9.93. The molecule has 20 heavy (non-hydrogen) atoms. The van der Waals surface area contributed by atoms with Gasteiger partial charge in [0.2, 0.25) is 0 Å². The molecule has 0 saturated heterocycles. The fourth-order valence-electron chi connectivity index (χ4n) is 2.37. The minimum absolute atomic E-state index is 0.165. The average molecular weight is 268 g/mol. The molecule has 2 aromatic rings. The molecule has 0 unspecified atom stereocenters. The van der Waals surface area contributed by atoms with Crippen molar-refractivity contribution < 1.29 is 0 Å². The smallest absolute Gasteiger partial charge is 0.128 e. The third kappa shape index (κ3) is 2.59. The predicted octanol–water partition coefficient (Wildman–Crippen LogP) is 3.04. The van der Waals surface area contributed by atoms with Crippen molar-refractivity contribution in [2.24, 2.45) is 5.73 Å². The molecule has 0 bridgehead atoms. The highest BCUT2D eigenvalue weighted by atomic mass is 15.1. The summed E-state index contributed by atoms with van der Waals surface area (Å²) in [7, 11) is 0. The van der Waals surface area contributed by atoms with Crippen molar-refractivity contribution in [1.82, 2.24) is 4.98 Å². The van der Waals surface area contributed by atoms with Gasteiger partial charge in [-0.3, -0.25) is 0 Å². The van der Waals surface area contributed by atoms with Crippen LogP contribution in [0.15, 0.2) is 30.3 Å². The number of nitriles is 1. The fraction of sp³-hybridized carbons (Fsp3) is 0.375. The highest BCUT2D eigenvalue weighted by Crippen LogP contribution is 2.24. The Kier molecular flexibility index (Phi) is 4.21. The van der Waals surface area contributed by atoms with Crippen LogP contribution in [-0.4, -0.2) is 17.1 Å². The number of nitrogens with two attached hydrogens (primary N) is 1. The molecule has 1 aromatic carbocycles. The first-order chi connectivity index (χ1) is 9.68. The number of benzene rings is 1. The number of hydrogen-bond donors (Lipinski definition) is 2. The molecule has 0 spiro atoms. The van der Waals surface area contributed by atoms with E-state index in [2.05, 4.69) is 30.2 Å². The number of fused-ring (bicyclic) bond motifs is 1. The van der Waals surface area contributed by atoms with Gasteiger partial charge in [-0.2, -0.15) is 5.26 Å². The summed E-state index contributed by atoms with van der Waals surface area (Å²) >= 11 is 0. The van der Waals surface area contributed by atoms with E-state index in [1.165, 1.54) is 0 Å². The van der Waals surface area contributed by atoms with E-state index in [9.17, 15) is 5.26 Å². The second-order valence-corrected chi connectivity index (χ2v) is 5.00. The van der Waals surface area contributed by atoms with Crippen molar-refractivity contribution in [2.75, 3.05) is 11.9 Å². The fourth-order valence-corrected chi connectivity index (χ4v) is 2.37. The normalized spacial score (nSPS) is 11.3. The number of hydrogen-bond acceptors (Lipinski definition) is 4. The molecule has 0 saturated carbocycles. The lowest BCUT2D eigenvalue weighted by Gasteiger charge is -2.32. The minimum atomic E-state index is -0.165. The van der Waals surface area contributed by atoms with Gasteiger partial charge in [0.05, 0.1) is 22.7 Å². The topological polar surface area (TPSA) is 74.7 Å². The zero-order chi connectivity index (χ0) is 14.6. The van der Waals surface area contributed by atoms with E-state index in [0.717, 1.165) is 29.6 Å². The largest absolute Gasteiger partial charge is 0.363 e. The molecule has 1 heterocycles. The molecule has 0 radical (unpaired) electrons. The Morgan fingerprint density at radius 1 is 1.30 bits per heavy atom. The van der Waals surface area contributed by atoms with Crippen molar-refractivity contribution in [3.05, 3.63) is 35.9 Å². The maximum atomic E-state index is 9.30. The lowest BCUT2D eigenvalue weighted by molar-refractivity contribution is 0.444. The van der Waals surface area contributed by atoms with Gasteiger partial charge in [-0.1, -0.05) is 32.0 Å². The molecule has 0 amide bonds. The second kappa shape index (κ2) is 5.89. The zero-order valence-corrected chi connectivity index (χ0v) is 12.0. The third-order valence-electron chi connectivity index (χ3n) is 3.97. The average Bonchev–Trinajstić information content (AvgIpc) is 2.52. The molecular weight excluding hydrogens is 248 g/mol. The molecule has 0 aliphatic carbocycles. The van der Waals surface area contributed by atoms with Gasteiger partial charge in [0, 0.05) is 11.9 Å². The third-order valence-corrected chi connectivity index (χ3v) is 3.97. The van der Waals surface area contributed by atoms with Crippen molar-refractivity contribution in [2.45, 2.75) is 32.2 Å². The van der Waals surface area contributed by atoms with Gasteiger partial charge < -0.3 is 11.1 Å². The van der Waals surface area contributed by atoms with Crippen LogP contribution in [0.2, 0.25) is 0 Å². The highest BCUT2D eigenvalue weighted by Gasteiger charge is 2.24. The van der Waals surface area contributed by atoms with E-state index in [1.54, 1.807) is 6.07 Å². The number of nitrogens with one attached hydrogen (secondary N) is 1. The number of aromatic nitrogens is 1. The lowest BCUT2D eigenvalue weighted by Crippen LogP contribution is -2.44. The van der Waals surface area contributed by atoms with Crippen LogP contribution in [0.4, 0.5) is 5.82 Å². The molecule has 3 N–H and O–H groups in total. The van der Waals surface area contributed by atoms with Crippen LogP contribution in [0.25, 0.3) is 10.9 Å². The van der Waals surface area contributed by atoms with Gasteiger partial charge in [-0.15, -0.1) is 0 Å².